The second kappa shape index (κ2) is 9.80. The Labute approximate surface area is 180 Å². The van der Waals surface area contributed by atoms with Crippen molar-refractivity contribution < 1.29 is 23.8 Å². The molecule has 31 heavy (non-hydrogen) atoms. The Bertz CT molecular complexity index is 997. The van der Waals surface area contributed by atoms with Crippen LogP contribution >= 0.6 is 0 Å². The lowest BCUT2D eigenvalue weighted by Gasteiger charge is -2.17. The highest BCUT2D eigenvalue weighted by atomic mass is 16.7. The Morgan fingerprint density at radius 2 is 1.52 bits per heavy atom. The summed E-state index contributed by atoms with van der Waals surface area (Å²) in [4.78, 5) is 24.6. The number of fused-ring (bicyclic) bond motifs is 1. The van der Waals surface area contributed by atoms with Gasteiger partial charge in [0.15, 0.2) is 18.1 Å². The van der Waals surface area contributed by atoms with Crippen molar-refractivity contribution in [3.63, 3.8) is 0 Å². The highest BCUT2D eigenvalue weighted by molar-refractivity contribution is 5.81. The molecule has 0 bridgehead atoms. The third kappa shape index (κ3) is 5.42. The van der Waals surface area contributed by atoms with Gasteiger partial charge in [0.2, 0.25) is 6.79 Å². The van der Waals surface area contributed by atoms with Crippen molar-refractivity contribution in [2.24, 2.45) is 0 Å². The van der Waals surface area contributed by atoms with Gasteiger partial charge in [-0.05, 0) is 28.8 Å². The molecule has 0 radical (unpaired) electrons. The first kappa shape index (κ1) is 20.5. The number of rotatable bonds is 8. The molecule has 6 heteroatoms. The van der Waals surface area contributed by atoms with Crippen molar-refractivity contribution >= 4 is 11.9 Å². The molecule has 0 saturated heterocycles. The van der Waals surface area contributed by atoms with Crippen molar-refractivity contribution in [1.82, 2.24) is 5.32 Å². The van der Waals surface area contributed by atoms with Crippen LogP contribution in [0, 0.1) is 0 Å². The molecule has 6 nitrogen and oxygen atoms in total. The van der Waals surface area contributed by atoms with Crippen molar-refractivity contribution in [1.29, 1.82) is 0 Å². The van der Waals surface area contributed by atoms with Gasteiger partial charge in [0.05, 0.1) is 6.42 Å². The quantitative estimate of drug-likeness (QED) is 0.565. The molecule has 0 saturated carbocycles. The van der Waals surface area contributed by atoms with E-state index in [0.29, 0.717) is 18.0 Å². The van der Waals surface area contributed by atoms with Crippen molar-refractivity contribution in [3.8, 4) is 11.5 Å². The maximum absolute atomic E-state index is 12.5. The number of carbonyl (C=O) groups is 2. The summed E-state index contributed by atoms with van der Waals surface area (Å²) >= 11 is 0. The molecule has 4 rings (SSSR count). The first-order chi connectivity index (χ1) is 15.2. The predicted octanol–water partition coefficient (Wildman–Crippen LogP) is 3.80. The standard InChI is InChI=1S/C25H23NO5/c27-24(26-15-18-11-12-22-23(13-18)31-17-30-22)16-29-25(28)14-21(19-7-3-1-4-8-19)20-9-5-2-6-10-20/h1-13,21H,14-17H2,(H,26,27). The highest BCUT2D eigenvalue weighted by Crippen LogP contribution is 2.32. The topological polar surface area (TPSA) is 73.9 Å². The maximum Gasteiger partial charge on any atom is 0.307 e. The molecule has 0 unspecified atom stereocenters. The highest BCUT2D eigenvalue weighted by Gasteiger charge is 2.20. The minimum Gasteiger partial charge on any atom is -0.456 e. The fraction of sp³-hybridized carbons (Fsp3) is 0.200. The summed E-state index contributed by atoms with van der Waals surface area (Å²) in [5.74, 6) is 0.436. The molecule has 1 amide bonds. The smallest absolute Gasteiger partial charge is 0.307 e. The third-order valence-corrected chi connectivity index (χ3v) is 5.07. The number of nitrogens with one attached hydrogen (secondary N) is 1. The SMILES string of the molecule is O=C(COC(=O)CC(c1ccccc1)c1ccccc1)NCc1ccc2c(c1)OCO2. The summed E-state index contributed by atoms with van der Waals surface area (Å²) in [7, 11) is 0. The first-order valence-electron chi connectivity index (χ1n) is 10.1. The van der Waals surface area contributed by atoms with Gasteiger partial charge in [0.25, 0.3) is 5.91 Å². The van der Waals surface area contributed by atoms with E-state index in [-0.39, 0.29) is 31.6 Å². The van der Waals surface area contributed by atoms with E-state index in [4.69, 9.17) is 14.2 Å². The Kier molecular flexibility index (Phi) is 6.47. The Morgan fingerprint density at radius 1 is 0.871 bits per heavy atom. The third-order valence-electron chi connectivity index (χ3n) is 5.07. The molecule has 1 N–H and O–H groups in total. The summed E-state index contributed by atoms with van der Waals surface area (Å²) < 4.78 is 15.8. The van der Waals surface area contributed by atoms with Gasteiger partial charge in [-0.1, -0.05) is 66.7 Å². The number of esters is 1. The van der Waals surface area contributed by atoms with Crippen molar-refractivity contribution in [2.45, 2.75) is 18.9 Å². The maximum atomic E-state index is 12.5. The molecule has 0 aromatic heterocycles. The second-order valence-corrected chi connectivity index (χ2v) is 7.20. The van der Waals surface area contributed by atoms with Crippen LogP contribution in [0.4, 0.5) is 0 Å². The minimum absolute atomic E-state index is 0.133. The summed E-state index contributed by atoms with van der Waals surface area (Å²) in [6.07, 6.45) is 0.156. The van der Waals surface area contributed by atoms with Gasteiger partial charge in [0.1, 0.15) is 0 Å². The van der Waals surface area contributed by atoms with E-state index < -0.39 is 5.97 Å². The van der Waals surface area contributed by atoms with Crippen LogP contribution in [0.15, 0.2) is 78.9 Å². The van der Waals surface area contributed by atoms with Crippen LogP contribution in [0.1, 0.15) is 29.0 Å². The average molecular weight is 417 g/mol. The fourth-order valence-electron chi connectivity index (χ4n) is 3.47. The van der Waals surface area contributed by atoms with Crippen LogP contribution < -0.4 is 14.8 Å². The van der Waals surface area contributed by atoms with Crippen LogP contribution in [0.2, 0.25) is 0 Å². The van der Waals surface area contributed by atoms with E-state index in [1.807, 2.05) is 72.8 Å². The van der Waals surface area contributed by atoms with E-state index in [0.717, 1.165) is 16.7 Å². The predicted molar refractivity (Wildman–Crippen MR) is 115 cm³/mol. The van der Waals surface area contributed by atoms with E-state index in [9.17, 15) is 9.59 Å². The summed E-state index contributed by atoms with van der Waals surface area (Å²) in [6.45, 7) is 0.192. The van der Waals surface area contributed by atoms with Crippen LogP contribution in [-0.2, 0) is 20.9 Å². The molecule has 0 fully saturated rings. The minimum atomic E-state index is -0.420. The molecule has 1 aliphatic heterocycles. The number of carbonyl (C=O) groups excluding carboxylic acids is 2. The summed E-state index contributed by atoms with van der Waals surface area (Å²) in [5.41, 5.74) is 2.92. The molecular weight excluding hydrogens is 394 g/mol. The lowest BCUT2D eigenvalue weighted by molar-refractivity contribution is -0.148. The van der Waals surface area contributed by atoms with E-state index >= 15 is 0 Å². The van der Waals surface area contributed by atoms with Gasteiger partial charge < -0.3 is 19.5 Å². The molecule has 0 spiro atoms. The average Bonchev–Trinajstić information content (AvgIpc) is 3.29. The van der Waals surface area contributed by atoms with Gasteiger partial charge in [-0.25, -0.2) is 0 Å². The molecule has 0 atom stereocenters. The molecule has 1 aliphatic rings. The van der Waals surface area contributed by atoms with Crippen LogP contribution in [0.3, 0.4) is 0 Å². The van der Waals surface area contributed by atoms with Gasteiger partial charge >= 0.3 is 5.97 Å². The van der Waals surface area contributed by atoms with Crippen LogP contribution in [0.5, 0.6) is 11.5 Å². The zero-order valence-electron chi connectivity index (χ0n) is 17.0. The van der Waals surface area contributed by atoms with E-state index in [1.165, 1.54) is 0 Å². The number of hydrogen-bond acceptors (Lipinski definition) is 5. The van der Waals surface area contributed by atoms with Gasteiger partial charge in [-0.15, -0.1) is 0 Å². The molecular formula is C25H23NO5. The van der Waals surface area contributed by atoms with Gasteiger partial charge in [0, 0.05) is 12.5 Å². The van der Waals surface area contributed by atoms with Gasteiger partial charge in [-0.3, -0.25) is 9.59 Å². The summed E-state index contributed by atoms with van der Waals surface area (Å²) in [5, 5.41) is 2.75. The van der Waals surface area contributed by atoms with Gasteiger partial charge in [-0.2, -0.15) is 0 Å². The lowest BCUT2D eigenvalue weighted by atomic mass is 9.89. The normalized spacial score (nSPS) is 11.9. The van der Waals surface area contributed by atoms with Crippen molar-refractivity contribution in [2.75, 3.05) is 13.4 Å². The number of ether oxygens (including phenoxy) is 3. The molecule has 158 valence electrons. The Balaban J connectivity index is 1.29. The zero-order valence-corrected chi connectivity index (χ0v) is 17.0. The first-order valence-corrected chi connectivity index (χ1v) is 10.1. The van der Waals surface area contributed by atoms with E-state index in [2.05, 4.69) is 5.32 Å². The lowest BCUT2D eigenvalue weighted by Crippen LogP contribution is -2.28. The second-order valence-electron chi connectivity index (χ2n) is 7.20. The monoisotopic (exact) mass is 417 g/mol. The fourth-order valence-corrected chi connectivity index (χ4v) is 3.47. The Hall–Kier alpha value is -3.80. The zero-order chi connectivity index (χ0) is 21.5. The summed E-state index contributed by atoms with van der Waals surface area (Å²) in [6, 6.07) is 25.1. The number of hydrogen-bond donors (Lipinski definition) is 1. The largest absolute Gasteiger partial charge is 0.456 e. The number of amides is 1. The molecule has 3 aromatic carbocycles. The van der Waals surface area contributed by atoms with E-state index in [1.54, 1.807) is 6.07 Å². The molecule has 0 aliphatic carbocycles. The van der Waals surface area contributed by atoms with Crippen molar-refractivity contribution in [3.05, 3.63) is 95.6 Å². The Morgan fingerprint density at radius 3 is 2.19 bits per heavy atom. The van der Waals surface area contributed by atoms with Crippen LogP contribution in [-0.4, -0.2) is 25.3 Å². The number of benzene rings is 3. The molecule has 3 aromatic rings. The molecule has 1 heterocycles. The van der Waals surface area contributed by atoms with Crippen LogP contribution in [0.25, 0.3) is 0 Å².